The van der Waals surface area contributed by atoms with Gasteiger partial charge < -0.3 is 9.87 Å². The van der Waals surface area contributed by atoms with Crippen molar-refractivity contribution in [2.75, 3.05) is 13.1 Å². The van der Waals surface area contributed by atoms with Gasteiger partial charge in [0, 0.05) is 42.0 Å². The van der Waals surface area contributed by atoms with Gasteiger partial charge >= 0.3 is 0 Å². The lowest BCUT2D eigenvalue weighted by Gasteiger charge is -2.39. The van der Waals surface area contributed by atoms with Gasteiger partial charge in [-0.05, 0) is 18.4 Å². The van der Waals surface area contributed by atoms with E-state index in [0.717, 1.165) is 16.5 Å². The number of fused-ring (bicyclic) bond motifs is 1. The van der Waals surface area contributed by atoms with Gasteiger partial charge in [-0.1, -0.05) is 24.3 Å². The molecule has 1 N–H and O–H groups in total. The number of nitrogens with zero attached hydrogens (tertiary/aromatic N) is 2. The molecule has 0 aliphatic carbocycles. The van der Waals surface area contributed by atoms with Gasteiger partial charge in [-0.25, -0.2) is 4.31 Å². The molecule has 3 atom stereocenters. The van der Waals surface area contributed by atoms with Crippen molar-refractivity contribution < 1.29 is 8.76 Å². The standard InChI is InChI=1S/C14H17N3O2S.2ClH/c1-10-8-16-13(9-17(10)20(18)19)14-12-5-3-2-4-11(12)6-7-15-14;;/h2-7,10,13,16H,8-9H2,1H3,(H,18,19);2*1H/p-1. The van der Waals surface area contributed by atoms with Gasteiger partial charge in [-0.2, -0.15) is 0 Å². The predicted octanol–water partition coefficient (Wildman–Crippen LogP) is 2.21. The Balaban J connectivity index is 0.00000121. The van der Waals surface area contributed by atoms with E-state index in [9.17, 15) is 8.76 Å². The maximum absolute atomic E-state index is 11.3. The summed E-state index contributed by atoms with van der Waals surface area (Å²) in [6.45, 7) is 2.94. The van der Waals surface area contributed by atoms with E-state index in [0.29, 0.717) is 13.1 Å². The number of piperazine rings is 1. The van der Waals surface area contributed by atoms with Crippen LogP contribution in [-0.2, 0) is 11.3 Å². The highest BCUT2D eigenvalue weighted by Gasteiger charge is 2.28. The molecule has 0 radical (unpaired) electrons. The molecule has 1 fully saturated rings. The Hall–Kier alpha value is -0.760. The molecule has 122 valence electrons. The number of hydrogen-bond acceptors (Lipinski definition) is 4. The molecule has 1 aliphatic heterocycles. The fourth-order valence-corrected chi connectivity index (χ4v) is 3.29. The second-order valence-corrected chi connectivity index (χ2v) is 5.95. The van der Waals surface area contributed by atoms with Gasteiger partial charge in [0.25, 0.3) is 0 Å². The molecule has 1 aromatic carbocycles. The summed E-state index contributed by atoms with van der Waals surface area (Å²) >= 11 is -2.19. The predicted molar refractivity (Wildman–Crippen MR) is 92.1 cm³/mol. The van der Waals surface area contributed by atoms with Crippen molar-refractivity contribution in [1.29, 1.82) is 0 Å². The van der Waals surface area contributed by atoms with E-state index in [4.69, 9.17) is 0 Å². The third-order valence-corrected chi connectivity index (χ3v) is 4.63. The van der Waals surface area contributed by atoms with Crippen LogP contribution < -0.4 is 5.32 Å². The Labute approximate surface area is 144 Å². The van der Waals surface area contributed by atoms with Crippen LogP contribution in [0.4, 0.5) is 0 Å². The number of halogens is 2. The minimum atomic E-state index is -2.19. The lowest BCUT2D eigenvalue weighted by molar-refractivity contribution is 0.230. The highest BCUT2D eigenvalue weighted by molar-refractivity contribution is 7.76. The molecule has 0 saturated carbocycles. The Morgan fingerprint density at radius 3 is 2.77 bits per heavy atom. The molecule has 0 amide bonds. The fourth-order valence-electron chi connectivity index (χ4n) is 2.65. The van der Waals surface area contributed by atoms with E-state index < -0.39 is 11.3 Å². The molecule has 2 aromatic rings. The summed E-state index contributed by atoms with van der Waals surface area (Å²) in [6, 6.07) is 9.89. The third-order valence-electron chi connectivity index (χ3n) is 3.74. The summed E-state index contributed by atoms with van der Waals surface area (Å²) in [5, 5.41) is 5.57. The van der Waals surface area contributed by atoms with E-state index in [1.54, 1.807) is 6.20 Å². The van der Waals surface area contributed by atoms with Crippen molar-refractivity contribution in [3.63, 3.8) is 0 Å². The molecule has 1 saturated heterocycles. The highest BCUT2D eigenvalue weighted by atomic mass is 35.5. The van der Waals surface area contributed by atoms with Crippen molar-refractivity contribution >= 4 is 46.9 Å². The van der Waals surface area contributed by atoms with Crippen molar-refractivity contribution in [2.24, 2.45) is 0 Å². The minimum absolute atomic E-state index is 0. The van der Waals surface area contributed by atoms with Crippen LogP contribution in [0.15, 0.2) is 36.5 Å². The number of pyridine rings is 1. The van der Waals surface area contributed by atoms with Crippen LogP contribution in [0.25, 0.3) is 10.8 Å². The van der Waals surface area contributed by atoms with Gasteiger partial charge in [-0.3, -0.25) is 9.19 Å². The van der Waals surface area contributed by atoms with Gasteiger partial charge in [0.15, 0.2) is 0 Å². The topological polar surface area (TPSA) is 68.3 Å². The Bertz CT molecular complexity index is 654. The average Bonchev–Trinajstić information content (AvgIpc) is 2.47. The molecule has 8 heteroatoms. The van der Waals surface area contributed by atoms with Crippen LogP contribution in [0.1, 0.15) is 18.7 Å². The van der Waals surface area contributed by atoms with Gasteiger partial charge in [0.1, 0.15) is 0 Å². The zero-order valence-electron chi connectivity index (χ0n) is 12.0. The Morgan fingerprint density at radius 1 is 1.32 bits per heavy atom. The summed E-state index contributed by atoms with van der Waals surface area (Å²) < 4.78 is 24.0. The van der Waals surface area contributed by atoms with Crippen LogP contribution in [-0.4, -0.2) is 37.2 Å². The van der Waals surface area contributed by atoms with Crippen LogP contribution in [0.3, 0.4) is 0 Å². The van der Waals surface area contributed by atoms with Gasteiger partial charge in [0.2, 0.25) is 0 Å². The second-order valence-electron chi connectivity index (χ2n) is 5.04. The van der Waals surface area contributed by atoms with E-state index in [2.05, 4.69) is 10.3 Å². The maximum atomic E-state index is 11.3. The summed E-state index contributed by atoms with van der Waals surface area (Å²) in [6.07, 6.45) is 1.77. The van der Waals surface area contributed by atoms with Gasteiger partial charge in [-0.15, -0.1) is 24.8 Å². The fraction of sp³-hybridized carbons (Fsp3) is 0.357. The largest absolute Gasteiger partial charge is 0.760 e. The number of benzene rings is 1. The normalized spacial score (nSPS) is 23.4. The van der Waals surface area contributed by atoms with Crippen LogP contribution in [0.5, 0.6) is 0 Å². The number of hydrogen-bond donors (Lipinski definition) is 1. The van der Waals surface area contributed by atoms with Gasteiger partial charge in [0.05, 0.1) is 11.7 Å². The summed E-state index contributed by atoms with van der Waals surface area (Å²) in [7, 11) is 0. The van der Waals surface area contributed by atoms with E-state index in [1.807, 2.05) is 37.3 Å². The summed E-state index contributed by atoms with van der Waals surface area (Å²) in [5.41, 5.74) is 0.908. The molecule has 5 nitrogen and oxygen atoms in total. The molecule has 3 unspecified atom stereocenters. The van der Waals surface area contributed by atoms with Crippen LogP contribution >= 0.6 is 24.8 Å². The third kappa shape index (κ3) is 3.76. The maximum Gasteiger partial charge on any atom is 0.0664 e. The average molecular weight is 363 g/mol. The van der Waals surface area contributed by atoms with Crippen LogP contribution in [0, 0.1) is 0 Å². The molecule has 2 heterocycles. The lowest BCUT2D eigenvalue weighted by atomic mass is 10.0. The molecular weight excluding hydrogens is 345 g/mol. The van der Waals surface area contributed by atoms with Crippen molar-refractivity contribution in [2.45, 2.75) is 19.0 Å². The number of rotatable bonds is 2. The summed E-state index contributed by atoms with van der Waals surface area (Å²) in [5.74, 6) is 0. The van der Waals surface area contributed by atoms with Crippen molar-refractivity contribution in [1.82, 2.24) is 14.6 Å². The zero-order chi connectivity index (χ0) is 14.1. The minimum Gasteiger partial charge on any atom is -0.760 e. The van der Waals surface area contributed by atoms with Crippen molar-refractivity contribution in [3.8, 4) is 0 Å². The molecule has 0 bridgehead atoms. The molecule has 3 rings (SSSR count). The number of nitrogens with one attached hydrogen (secondary N) is 1. The molecule has 0 spiro atoms. The van der Waals surface area contributed by atoms with E-state index in [-0.39, 0.29) is 36.9 Å². The first kappa shape index (κ1) is 19.3. The molecular formula is C14H18Cl2N3O2S-. The SMILES string of the molecule is CC1CNC(c2nccc3ccccc23)CN1S(=O)[O-].Cl.Cl. The summed E-state index contributed by atoms with van der Waals surface area (Å²) in [4.78, 5) is 4.46. The van der Waals surface area contributed by atoms with E-state index >= 15 is 0 Å². The monoisotopic (exact) mass is 362 g/mol. The Morgan fingerprint density at radius 2 is 2.05 bits per heavy atom. The zero-order valence-corrected chi connectivity index (χ0v) is 14.4. The number of aromatic nitrogens is 1. The Kier molecular flexibility index (Phi) is 7.18. The van der Waals surface area contributed by atoms with Crippen LogP contribution in [0.2, 0.25) is 0 Å². The highest BCUT2D eigenvalue weighted by Crippen LogP contribution is 2.25. The molecule has 1 aliphatic rings. The van der Waals surface area contributed by atoms with Crippen molar-refractivity contribution in [3.05, 3.63) is 42.2 Å². The second kappa shape index (κ2) is 8.19. The first-order valence-electron chi connectivity index (χ1n) is 6.60. The van der Waals surface area contributed by atoms with E-state index in [1.165, 1.54) is 4.31 Å². The molecule has 22 heavy (non-hydrogen) atoms. The molecule has 1 aromatic heterocycles. The first-order valence-corrected chi connectivity index (χ1v) is 7.63. The first-order chi connectivity index (χ1) is 9.66. The quantitative estimate of drug-likeness (QED) is 0.831. The lowest BCUT2D eigenvalue weighted by Crippen LogP contribution is -2.52. The smallest absolute Gasteiger partial charge is 0.0664 e.